The second-order valence-electron chi connectivity index (χ2n) is 9.43. The van der Waals surface area contributed by atoms with E-state index in [9.17, 15) is 4.79 Å². The van der Waals surface area contributed by atoms with Crippen molar-refractivity contribution in [3.63, 3.8) is 0 Å². The minimum Gasteiger partial charge on any atom is -0.382 e. The fourth-order valence-electron chi connectivity index (χ4n) is 4.11. The number of nitrogens with zero attached hydrogens (tertiary/aromatic N) is 3. The molecule has 6 nitrogen and oxygen atoms in total. The fourth-order valence-corrected chi connectivity index (χ4v) is 4.11. The lowest BCUT2D eigenvalue weighted by Gasteiger charge is -2.33. The lowest BCUT2D eigenvalue weighted by Crippen LogP contribution is -2.42. The summed E-state index contributed by atoms with van der Waals surface area (Å²) >= 11 is 0. The number of anilines is 2. The number of nitrogens with two attached hydrogens (primary N) is 1. The summed E-state index contributed by atoms with van der Waals surface area (Å²) in [6, 6.07) is 14.1. The first-order valence-electron chi connectivity index (χ1n) is 11.1. The molecule has 2 N–H and O–H groups in total. The summed E-state index contributed by atoms with van der Waals surface area (Å²) in [7, 11) is 1.86. The fraction of sp³-hybridized carbons (Fsp3) is 0.385. The first kappa shape index (κ1) is 22.1. The van der Waals surface area contributed by atoms with Gasteiger partial charge in [0.15, 0.2) is 0 Å². The molecule has 168 valence electrons. The number of morpholine rings is 1. The molecule has 4 rings (SSSR count). The number of hydrogen-bond donors (Lipinski definition) is 1. The van der Waals surface area contributed by atoms with Crippen molar-refractivity contribution >= 4 is 28.3 Å². The summed E-state index contributed by atoms with van der Waals surface area (Å²) in [5.41, 5.74) is 11.5. The van der Waals surface area contributed by atoms with E-state index in [4.69, 9.17) is 10.5 Å². The number of carbonyl (C=O) groups is 1. The maximum absolute atomic E-state index is 13.4. The molecule has 0 aliphatic carbocycles. The van der Waals surface area contributed by atoms with Crippen molar-refractivity contribution in [2.24, 2.45) is 0 Å². The number of aryl methyl sites for hydroxylation is 1. The normalized spacial score (nSPS) is 14.6. The lowest BCUT2D eigenvalue weighted by atomic mass is 9.92. The van der Waals surface area contributed by atoms with Crippen LogP contribution >= 0.6 is 0 Å². The van der Waals surface area contributed by atoms with Crippen molar-refractivity contribution in [2.45, 2.75) is 33.2 Å². The number of carbonyl (C=O) groups excluding carboxylic acids is 1. The molecule has 32 heavy (non-hydrogen) atoms. The number of amides is 1. The summed E-state index contributed by atoms with van der Waals surface area (Å²) in [6.07, 6.45) is 0. The zero-order chi connectivity index (χ0) is 23.0. The third-order valence-corrected chi connectivity index (χ3v) is 6.28. The molecule has 2 aromatic carbocycles. The molecule has 1 aliphatic rings. The van der Waals surface area contributed by atoms with Crippen molar-refractivity contribution in [3.05, 3.63) is 53.6 Å². The average molecular weight is 433 g/mol. The van der Waals surface area contributed by atoms with Crippen molar-refractivity contribution in [3.8, 4) is 11.1 Å². The zero-order valence-corrected chi connectivity index (χ0v) is 19.6. The Labute approximate surface area is 190 Å². The van der Waals surface area contributed by atoms with Crippen LogP contribution in [0, 0.1) is 6.92 Å². The Morgan fingerprint density at radius 1 is 1.12 bits per heavy atom. The quantitative estimate of drug-likeness (QED) is 0.660. The van der Waals surface area contributed by atoms with Gasteiger partial charge in [-0.3, -0.25) is 4.79 Å². The molecule has 0 spiro atoms. The molecule has 0 bridgehead atoms. The van der Waals surface area contributed by atoms with Gasteiger partial charge in [-0.05, 0) is 68.7 Å². The van der Waals surface area contributed by atoms with Gasteiger partial charge in [-0.15, -0.1) is 0 Å². The summed E-state index contributed by atoms with van der Waals surface area (Å²) in [5.74, 6) is 0.548. The molecule has 1 saturated heterocycles. The van der Waals surface area contributed by atoms with E-state index in [1.165, 1.54) is 0 Å². The summed E-state index contributed by atoms with van der Waals surface area (Å²) < 4.78 is 5.48. The molecule has 1 aromatic heterocycles. The number of aromatic nitrogens is 1. The van der Waals surface area contributed by atoms with Crippen LogP contribution in [0.4, 0.5) is 11.5 Å². The van der Waals surface area contributed by atoms with Crippen molar-refractivity contribution in [1.82, 2.24) is 9.88 Å². The van der Waals surface area contributed by atoms with Crippen molar-refractivity contribution in [2.75, 3.05) is 44.0 Å². The van der Waals surface area contributed by atoms with Gasteiger partial charge in [0.05, 0.1) is 24.4 Å². The van der Waals surface area contributed by atoms with Crippen LogP contribution in [0.3, 0.4) is 0 Å². The zero-order valence-electron chi connectivity index (χ0n) is 19.6. The highest BCUT2D eigenvalue weighted by Gasteiger charge is 2.26. The Morgan fingerprint density at radius 3 is 2.53 bits per heavy atom. The highest BCUT2D eigenvalue weighted by Crippen LogP contribution is 2.34. The van der Waals surface area contributed by atoms with Crippen LogP contribution in [0.5, 0.6) is 0 Å². The molecule has 0 saturated carbocycles. The standard InChI is InChI=1S/C26H32N4O2/c1-17-7-6-8-20(25(31)29(5)26(2,3)4)23(17)18-9-10-21-19(15-18)16-22(24(27)28-21)30-11-13-32-14-12-30/h6-10,15-16H,11-14H2,1-5H3,(H2,27,28). The highest BCUT2D eigenvalue weighted by atomic mass is 16.5. The molecule has 0 unspecified atom stereocenters. The first-order chi connectivity index (χ1) is 15.2. The van der Waals surface area contributed by atoms with Crippen LogP contribution in [0.25, 0.3) is 22.0 Å². The average Bonchev–Trinajstić information content (AvgIpc) is 2.77. The van der Waals surface area contributed by atoms with Crippen molar-refractivity contribution in [1.29, 1.82) is 0 Å². The molecule has 0 radical (unpaired) electrons. The van der Waals surface area contributed by atoms with E-state index >= 15 is 0 Å². The Hall–Kier alpha value is -3.12. The molecule has 1 aliphatic heterocycles. The van der Waals surface area contributed by atoms with E-state index in [-0.39, 0.29) is 11.4 Å². The minimum atomic E-state index is -0.268. The predicted molar refractivity (Wildman–Crippen MR) is 131 cm³/mol. The summed E-state index contributed by atoms with van der Waals surface area (Å²) in [4.78, 5) is 22.0. The Balaban J connectivity index is 1.82. The van der Waals surface area contributed by atoms with Gasteiger partial charge < -0.3 is 20.3 Å². The van der Waals surface area contributed by atoms with Crippen LogP contribution in [-0.4, -0.2) is 54.7 Å². The van der Waals surface area contributed by atoms with Gasteiger partial charge in [0.25, 0.3) is 5.91 Å². The molecule has 6 heteroatoms. The van der Waals surface area contributed by atoms with E-state index in [1.54, 1.807) is 4.90 Å². The highest BCUT2D eigenvalue weighted by molar-refractivity contribution is 6.03. The number of rotatable bonds is 3. The predicted octanol–water partition coefficient (Wildman–Crippen LogP) is 4.50. The number of fused-ring (bicyclic) bond motifs is 1. The van der Waals surface area contributed by atoms with E-state index in [0.29, 0.717) is 24.6 Å². The monoisotopic (exact) mass is 432 g/mol. The van der Waals surface area contributed by atoms with E-state index in [0.717, 1.165) is 46.4 Å². The van der Waals surface area contributed by atoms with Gasteiger partial charge in [0.2, 0.25) is 0 Å². The molecule has 3 aromatic rings. The van der Waals surface area contributed by atoms with E-state index in [1.807, 2.05) is 65.1 Å². The molecular weight excluding hydrogens is 400 g/mol. The van der Waals surface area contributed by atoms with E-state index < -0.39 is 0 Å². The van der Waals surface area contributed by atoms with Gasteiger partial charge in [-0.1, -0.05) is 18.2 Å². The summed E-state index contributed by atoms with van der Waals surface area (Å²) in [6.45, 7) is 11.1. The van der Waals surface area contributed by atoms with Gasteiger partial charge in [-0.2, -0.15) is 0 Å². The summed E-state index contributed by atoms with van der Waals surface area (Å²) in [5, 5.41) is 1.00. The Kier molecular flexibility index (Phi) is 5.82. The largest absolute Gasteiger partial charge is 0.382 e. The maximum Gasteiger partial charge on any atom is 0.254 e. The Bertz CT molecular complexity index is 1160. The van der Waals surface area contributed by atoms with Crippen LogP contribution in [0.15, 0.2) is 42.5 Å². The van der Waals surface area contributed by atoms with Crippen LogP contribution in [-0.2, 0) is 4.74 Å². The third-order valence-electron chi connectivity index (χ3n) is 6.28. The van der Waals surface area contributed by atoms with Gasteiger partial charge in [0, 0.05) is 36.6 Å². The second kappa shape index (κ2) is 8.43. The number of benzene rings is 2. The number of pyridine rings is 1. The SMILES string of the molecule is Cc1cccc(C(=O)N(C)C(C)(C)C)c1-c1ccc2nc(N)c(N3CCOCC3)cc2c1. The maximum atomic E-state index is 13.4. The van der Waals surface area contributed by atoms with Crippen LogP contribution in [0.2, 0.25) is 0 Å². The van der Waals surface area contributed by atoms with Crippen molar-refractivity contribution < 1.29 is 9.53 Å². The number of hydrogen-bond acceptors (Lipinski definition) is 5. The van der Waals surface area contributed by atoms with Gasteiger partial charge in [-0.25, -0.2) is 4.98 Å². The molecule has 2 heterocycles. The molecule has 1 fully saturated rings. The molecular formula is C26H32N4O2. The molecule has 0 atom stereocenters. The minimum absolute atomic E-state index is 0.0146. The Morgan fingerprint density at radius 2 is 1.84 bits per heavy atom. The second-order valence-corrected chi connectivity index (χ2v) is 9.43. The smallest absolute Gasteiger partial charge is 0.254 e. The molecule has 1 amide bonds. The topological polar surface area (TPSA) is 71.7 Å². The van der Waals surface area contributed by atoms with E-state index in [2.05, 4.69) is 22.0 Å². The van der Waals surface area contributed by atoms with Crippen LogP contribution < -0.4 is 10.6 Å². The lowest BCUT2D eigenvalue weighted by molar-refractivity contribution is 0.0656. The first-order valence-corrected chi connectivity index (χ1v) is 11.1. The van der Waals surface area contributed by atoms with Gasteiger partial charge >= 0.3 is 0 Å². The number of nitrogen functional groups attached to an aromatic ring is 1. The number of ether oxygens (including phenoxy) is 1. The van der Waals surface area contributed by atoms with Crippen LogP contribution in [0.1, 0.15) is 36.7 Å². The third kappa shape index (κ3) is 4.15. The van der Waals surface area contributed by atoms with Gasteiger partial charge in [0.1, 0.15) is 5.82 Å².